The number of carbonyl (C=O) groups excluding carboxylic acids is 1. The second kappa shape index (κ2) is 6.51. The van der Waals surface area contributed by atoms with Crippen LogP contribution < -0.4 is 5.73 Å². The van der Waals surface area contributed by atoms with Gasteiger partial charge >= 0.3 is 0 Å². The van der Waals surface area contributed by atoms with Gasteiger partial charge in [0.25, 0.3) is 5.91 Å². The van der Waals surface area contributed by atoms with Crippen molar-refractivity contribution >= 4 is 5.91 Å². The monoisotopic (exact) mass is 273 g/mol. The summed E-state index contributed by atoms with van der Waals surface area (Å²) in [4.78, 5) is 18.3. The molecule has 0 radical (unpaired) electrons. The SMILES string of the molecule is CC1CCN(C(=O)c2ncccc2C#CCN)CC1O. The topological polar surface area (TPSA) is 79.5 Å². The molecule has 0 aromatic carbocycles. The average Bonchev–Trinajstić information content (AvgIpc) is 2.47. The summed E-state index contributed by atoms with van der Waals surface area (Å²) >= 11 is 0. The Hall–Kier alpha value is -1.90. The molecule has 1 aliphatic rings. The van der Waals surface area contributed by atoms with E-state index in [1.165, 1.54) is 0 Å². The third-order valence-corrected chi connectivity index (χ3v) is 3.54. The first-order valence-corrected chi connectivity index (χ1v) is 6.74. The van der Waals surface area contributed by atoms with Crippen LogP contribution in [-0.2, 0) is 0 Å². The van der Waals surface area contributed by atoms with Gasteiger partial charge in [0.05, 0.1) is 18.2 Å². The molecule has 2 rings (SSSR count). The summed E-state index contributed by atoms with van der Waals surface area (Å²) in [5.74, 6) is 5.64. The van der Waals surface area contributed by atoms with Gasteiger partial charge in [-0.05, 0) is 24.5 Å². The lowest BCUT2D eigenvalue weighted by molar-refractivity contribution is 0.0245. The molecule has 1 aromatic rings. The number of β-amino-alcohol motifs (C(OH)–C–C–N with tert-alkyl or cyclic N) is 1. The molecule has 5 nitrogen and oxygen atoms in total. The second-order valence-corrected chi connectivity index (χ2v) is 4.99. The van der Waals surface area contributed by atoms with Crippen LogP contribution in [0.3, 0.4) is 0 Å². The van der Waals surface area contributed by atoms with Gasteiger partial charge in [0, 0.05) is 19.3 Å². The Kier molecular flexibility index (Phi) is 4.72. The molecule has 20 heavy (non-hydrogen) atoms. The van der Waals surface area contributed by atoms with E-state index in [1.807, 2.05) is 6.92 Å². The smallest absolute Gasteiger partial charge is 0.273 e. The van der Waals surface area contributed by atoms with Gasteiger partial charge in [0.1, 0.15) is 5.69 Å². The van der Waals surface area contributed by atoms with Crippen molar-refractivity contribution < 1.29 is 9.90 Å². The number of carbonyl (C=O) groups is 1. The first-order chi connectivity index (χ1) is 9.63. The van der Waals surface area contributed by atoms with Crippen molar-refractivity contribution in [3.05, 3.63) is 29.6 Å². The number of pyridine rings is 1. The highest BCUT2D eigenvalue weighted by atomic mass is 16.3. The molecule has 1 amide bonds. The molecular weight excluding hydrogens is 254 g/mol. The number of hydrogen-bond acceptors (Lipinski definition) is 4. The van der Waals surface area contributed by atoms with E-state index in [4.69, 9.17) is 5.73 Å². The Labute approximate surface area is 118 Å². The molecule has 0 spiro atoms. The van der Waals surface area contributed by atoms with Crippen LogP contribution in [0.2, 0.25) is 0 Å². The number of amides is 1. The summed E-state index contributed by atoms with van der Waals surface area (Å²) < 4.78 is 0. The molecule has 2 unspecified atom stereocenters. The molecule has 0 bridgehead atoms. The molecule has 106 valence electrons. The summed E-state index contributed by atoms with van der Waals surface area (Å²) in [6, 6.07) is 3.50. The minimum Gasteiger partial charge on any atom is -0.391 e. The van der Waals surface area contributed by atoms with Crippen molar-refractivity contribution in [2.75, 3.05) is 19.6 Å². The largest absolute Gasteiger partial charge is 0.391 e. The molecule has 5 heteroatoms. The van der Waals surface area contributed by atoms with E-state index < -0.39 is 6.10 Å². The first kappa shape index (κ1) is 14.5. The van der Waals surface area contributed by atoms with Gasteiger partial charge in [-0.1, -0.05) is 18.8 Å². The zero-order valence-corrected chi connectivity index (χ0v) is 11.5. The van der Waals surface area contributed by atoms with Crippen LogP contribution in [0.15, 0.2) is 18.3 Å². The normalized spacial score (nSPS) is 22.1. The van der Waals surface area contributed by atoms with Crippen LogP contribution in [-0.4, -0.2) is 46.6 Å². The molecular formula is C15H19N3O2. The fourth-order valence-corrected chi connectivity index (χ4v) is 2.21. The van der Waals surface area contributed by atoms with Gasteiger partial charge in [0.15, 0.2) is 0 Å². The summed E-state index contributed by atoms with van der Waals surface area (Å²) in [5, 5.41) is 9.90. The van der Waals surface area contributed by atoms with Crippen LogP contribution in [0.1, 0.15) is 29.4 Å². The van der Waals surface area contributed by atoms with Crippen molar-refractivity contribution in [2.24, 2.45) is 11.7 Å². The van der Waals surface area contributed by atoms with E-state index in [0.29, 0.717) is 24.3 Å². The van der Waals surface area contributed by atoms with Crippen molar-refractivity contribution in [3.8, 4) is 11.8 Å². The third-order valence-electron chi connectivity index (χ3n) is 3.54. The minimum atomic E-state index is -0.477. The van der Waals surface area contributed by atoms with Crippen molar-refractivity contribution in [1.82, 2.24) is 9.88 Å². The number of aliphatic hydroxyl groups is 1. The van der Waals surface area contributed by atoms with E-state index in [2.05, 4.69) is 16.8 Å². The zero-order chi connectivity index (χ0) is 14.5. The molecule has 1 saturated heterocycles. The van der Waals surface area contributed by atoms with Crippen molar-refractivity contribution in [3.63, 3.8) is 0 Å². The number of aromatic nitrogens is 1. The van der Waals surface area contributed by atoms with Gasteiger partial charge in [-0.3, -0.25) is 4.79 Å². The van der Waals surface area contributed by atoms with Gasteiger partial charge < -0.3 is 15.7 Å². The van der Waals surface area contributed by atoms with Crippen LogP contribution in [0, 0.1) is 17.8 Å². The van der Waals surface area contributed by atoms with E-state index >= 15 is 0 Å². The molecule has 1 fully saturated rings. The molecule has 2 atom stereocenters. The lowest BCUT2D eigenvalue weighted by atomic mass is 9.95. The molecule has 0 aliphatic carbocycles. The number of aliphatic hydroxyl groups excluding tert-OH is 1. The number of rotatable bonds is 1. The number of nitrogens with zero attached hydrogens (tertiary/aromatic N) is 2. The maximum absolute atomic E-state index is 12.5. The lowest BCUT2D eigenvalue weighted by Gasteiger charge is -2.34. The Bertz CT molecular complexity index is 548. The molecule has 2 heterocycles. The second-order valence-electron chi connectivity index (χ2n) is 4.99. The Morgan fingerprint density at radius 3 is 3.15 bits per heavy atom. The standard InChI is InChI=1S/C15H19N3O2/c1-11-6-9-18(10-13(11)19)15(20)14-12(4-2-7-16)5-3-8-17-14/h3,5,8,11,13,19H,6-7,9-10,16H2,1H3. The van der Waals surface area contributed by atoms with Gasteiger partial charge in [-0.15, -0.1) is 0 Å². The summed E-state index contributed by atoms with van der Waals surface area (Å²) in [6.07, 6.45) is 1.89. The summed E-state index contributed by atoms with van der Waals surface area (Å²) in [6.45, 7) is 3.21. The maximum atomic E-state index is 12.5. The van der Waals surface area contributed by atoms with Crippen LogP contribution in [0.25, 0.3) is 0 Å². The number of nitrogens with two attached hydrogens (primary N) is 1. The quantitative estimate of drug-likeness (QED) is 0.718. The first-order valence-electron chi connectivity index (χ1n) is 6.74. The Morgan fingerprint density at radius 1 is 1.65 bits per heavy atom. The number of hydrogen-bond donors (Lipinski definition) is 2. The highest BCUT2D eigenvalue weighted by Gasteiger charge is 2.29. The van der Waals surface area contributed by atoms with Crippen molar-refractivity contribution in [1.29, 1.82) is 0 Å². The number of likely N-dealkylation sites (tertiary alicyclic amines) is 1. The highest BCUT2D eigenvalue weighted by molar-refractivity contribution is 5.94. The molecule has 1 aliphatic heterocycles. The fourth-order valence-electron chi connectivity index (χ4n) is 2.21. The van der Waals surface area contributed by atoms with E-state index in [0.717, 1.165) is 6.42 Å². The Morgan fingerprint density at radius 2 is 2.45 bits per heavy atom. The highest BCUT2D eigenvalue weighted by Crippen LogP contribution is 2.19. The summed E-state index contributed by atoms with van der Waals surface area (Å²) in [5.41, 5.74) is 6.26. The van der Waals surface area contributed by atoms with Gasteiger partial charge in [0.2, 0.25) is 0 Å². The zero-order valence-electron chi connectivity index (χ0n) is 11.5. The molecule has 0 saturated carbocycles. The fraction of sp³-hybridized carbons (Fsp3) is 0.467. The van der Waals surface area contributed by atoms with Crippen LogP contribution in [0.5, 0.6) is 0 Å². The van der Waals surface area contributed by atoms with E-state index in [1.54, 1.807) is 23.2 Å². The third kappa shape index (κ3) is 3.16. The Balaban J connectivity index is 2.21. The van der Waals surface area contributed by atoms with Crippen LogP contribution in [0.4, 0.5) is 0 Å². The van der Waals surface area contributed by atoms with Crippen molar-refractivity contribution in [2.45, 2.75) is 19.4 Å². The predicted octanol–water partition coefficient (Wildman–Crippen LogP) is 0.235. The number of piperidine rings is 1. The summed E-state index contributed by atoms with van der Waals surface area (Å²) in [7, 11) is 0. The van der Waals surface area contributed by atoms with E-state index in [9.17, 15) is 9.90 Å². The minimum absolute atomic E-state index is 0.183. The lowest BCUT2D eigenvalue weighted by Crippen LogP contribution is -2.46. The van der Waals surface area contributed by atoms with Crippen LogP contribution >= 0.6 is 0 Å². The van der Waals surface area contributed by atoms with Gasteiger partial charge in [-0.2, -0.15) is 0 Å². The van der Waals surface area contributed by atoms with E-state index in [-0.39, 0.29) is 18.4 Å². The maximum Gasteiger partial charge on any atom is 0.273 e. The molecule has 3 N–H and O–H groups in total. The average molecular weight is 273 g/mol. The molecule has 1 aromatic heterocycles. The van der Waals surface area contributed by atoms with Gasteiger partial charge in [-0.25, -0.2) is 4.98 Å². The predicted molar refractivity (Wildman–Crippen MR) is 75.9 cm³/mol.